The minimum absolute atomic E-state index is 0.0625. The van der Waals surface area contributed by atoms with Gasteiger partial charge in [0, 0.05) is 16.5 Å². The third-order valence-corrected chi connectivity index (χ3v) is 2.80. The number of alkyl halides is 3. The summed E-state index contributed by atoms with van der Waals surface area (Å²) in [4.78, 5) is 3.28. The molecule has 1 aromatic carbocycles. The zero-order valence-electron chi connectivity index (χ0n) is 12.2. The first-order valence-electron chi connectivity index (χ1n) is 6.56. The van der Waals surface area contributed by atoms with Gasteiger partial charge in [0.2, 0.25) is 5.75 Å². The van der Waals surface area contributed by atoms with E-state index in [1.54, 1.807) is 13.0 Å². The van der Waals surface area contributed by atoms with Gasteiger partial charge in [-0.15, -0.1) is 6.58 Å². The molecule has 0 aliphatic carbocycles. The highest BCUT2D eigenvalue weighted by atomic mass is 19.4. The van der Waals surface area contributed by atoms with Crippen molar-refractivity contribution in [1.29, 1.82) is 0 Å². The lowest BCUT2D eigenvalue weighted by molar-refractivity contribution is -0.143. The van der Waals surface area contributed by atoms with Crippen molar-refractivity contribution in [2.75, 3.05) is 0 Å². The van der Waals surface area contributed by atoms with Crippen LogP contribution in [0, 0.1) is 5.82 Å². The Labute approximate surface area is 124 Å². The number of rotatable bonds is 3. The molecule has 22 heavy (non-hydrogen) atoms. The first kappa shape index (κ1) is 18.0. The van der Waals surface area contributed by atoms with Gasteiger partial charge in [-0.05, 0) is 31.5 Å². The van der Waals surface area contributed by atoms with E-state index in [1.165, 1.54) is 6.07 Å². The van der Waals surface area contributed by atoms with Gasteiger partial charge in [0.05, 0.1) is 5.52 Å². The van der Waals surface area contributed by atoms with Crippen LogP contribution in [0.5, 0.6) is 5.75 Å². The van der Waals surface area contributed by atoms with E-state index in [-0.39, 0.29) is 17.4 Å². The first-order valence-corrected chi connectivity index (χ1v) is 6.56. The van der Waals surface area contributed by atoms with Crippen LogP contribution in [0.2, 0.25) is 0 Å². The largest absolute Gasteiger partial charge is 0.431 e. The van der Waals surface area contributed by atoms with Gasteiger partial charge in [-0.3, -0.25) is 4.94 Å². The maximum atomic E-state index is 13.7. The number of allylic oxidation sites excluding steroid dienone is 1. The van der Waals surface area contributed by atoms with Crippen molar-refractivity contribution in [3.63, 3.8) is 0 Å². The zero-order valence-corrected chi connectivity index (χ0v) is 12.2. The third-order valence-electron chi connectivity index (χ3n) is 2.80. The molecule has 0 fully saturated rings. The second-order valence-corrected chi connectivity index (χ2v) is 4.47. The summed E-state index contributed by atoms with van der Waals surface area (Å²) in [5.41, 5.74) is -0.897. The average molecular weight is 321 g/mol. The molecule has 1 aromatic heterocycles. The summed E-state index contributed by atoms with van der Waals surface area (Å²) in [6, 6.07) is 2.84. The van der Waals surface area contributed by atoms with Gasteiger partial charge in [0.15, 0.2) is 5.82 Å². The van der Waals surface area contributed by atoms with Crippen LogP contribution >= 0.6 is 0 Å². The van der Waals surface area contributed by atoms with Crippen LogP contribution in [0.25, 0.3) is 10.9 Å². The highest BCUT2D eigenvalue weighted by Gasteiger charge is 2.36. The van der Waals surface area contributed by atoms with Gasteiger partial charge in [-0.2, -0.15) is 13.2 Å². The summed E-state index contributed by atoms with van der Waals surface area (Å²) in [7, 11) is 0. The molecule has 0 radical (unpaired) electrons. The van der Waals surface area contributed by atoms with E-state index in [2.05, 4.69) is 11.5 Å². The van der Waals surface area contributed by atoms with Gasteiger partial charge in [-0.1, -0.05) is 13.0 Å². The monoisotopic (exact) mass is 321 g/mol. The molecule has 0 bridgehead atoms. The molecule has 0 saturated heterocycles. The molecule has 7 heteroatoms. The lowest BCUT2D eigenvalue weighted by Crippen LogP contribution is -2.13. The van der Waals surface area contributed by atoms with Gasteiger partial charge in [0.1, 0.15) is 5.69 Å². The lowest BCUT2D eigenvalue weighted by atomic mass is 10.2. The van der Waals surface area contributed by atoms with Crippen molar-refractivity contribution in [2.24, 2.45) is 0 Å². The summed E-state index contributed by atoms with van der Waals surface area (Å²) in [6.07, 6.45) is -2.40. The van der Waals surface area contributed by atoms with E-state index >= 15 is 0 Å². The van der Waals surface area contributed by atoms with Crippen molar-refractivity contribution < 1.29 is 27.0 Å². The number of aryl methyl sites for hydroxylation is 1. The first-order chi connectivity index (χ1) is 10.3. The van der Waals surface area contributed by atoms with Crippen LogP contribution in [0.15, 0.2) is 30.9 Å². The van der Waals surface area contributed by atoms with Crippen molar-refractivity contribution in [1.82, 2.24) is 4.57 Å². The second kappa shape index (κ2) is 7.29. The number of aromatic nitrogens is 1. The summed E-state index contributed by atoms with van der Waals surface area (Å²) in [5, 5.41) is -0.309. The highest BCUT2D eigenvalue weighted by molar-refractivity contribution is 5.84. The van der Waals surface area contributed by atoms with E-state index in [0.29, 0.717) is 12.5 Å². The van der Waals surface area contributed by atoms with E-state index in [1.807, 2.05) is 6.92 Å². The zero-order chi connectivity index (χ0) is 16.9. The molecule has 122 valence electrons. The summed E-state index contributed by atoms with van der Waals surface area (Å²) >= 11 is 0. The Kier molecular flexibility index (Phi) is 5.96. The van der Waals surface area contributed by atoms with Gasteiger partial charge in [-0.25, -0.2) is 4.39 Å². The highest BCUT2D eigenvalue weighted by Crippen LogP contribution is 2.37. The van der Waals surface area contributed by atoms with Crippen LogP contribution in [0.1, 0.15) is 26.0 Å². The topological polar surface area (TPSA) is 14.2 Å². The standard InChI is InChI=1S/C12H10F5NO.C3H6/c1-2-5-18-8-3-4-9(19-17)11(13)7(8)6-10(18)12(14,15)16;1-3-2/h3-4,6H,2,5H2,1H3;3H,1H2,2H3. The molecule has 0 amide bonds. The maximum Gasteiger partial charge on any atom is 0.431 e. The Balaban J connectivity index is 0.000000745. The average Bonchev–Trinajstić information content (AvgIpc) is 2.80. The number of hydrogen-bond acceptors (Lipinski definition) is 1. The van der Waals surface area contributed by atoms with Gasteiger partial charge in [0.25, 0.3) is 0 Å². The molecule has 0 aliphatic rings. The molecule has 1 heterocycles. The SMILES string of the molecule is C=CC.CCCn1c(C(F)(F)F)cc2c(F)c(OF)ccc21. The number of benzene rings is 1. The predicted octanol–water partition coefficient (Wildman–Crippen LogP) is 5.66. The molecule has 0 aliphatic heterocycles. The Morgan fingerprint density at radius 3 is 2.36 bits per heavy atom. The van der Waals surface area contributed by atoms with Crippen molar-refractivity contribution in [3.05, 3.63) is 42.4 Å². The fraction of sp³-hybridized carbons (Fsp3) is 0.333. The fourth-order valence-corrected chi connectivity index (χ4v) is 2.04. The summed E-state index contributed by atoms with van der Waals surface area (Å²) in [5.74, 6) is -1.87. The Morgan fingerprint density at radius 1 is 1.32 bits per heavy atom. The van der Waals surface area contributed by atoms with Crippen LogP contribution in [-0.2, 0) is 12.7 Å². The minimum Gasteiger partial charge on any atom is -0.337 e. The molecular formula is C15H16F5NO. The molecule has 0 unspecified atom stereocenters. The predicted molar refractivity (Wildman–Crippen MR) is 74.8 cm³/mol. The van der Waals surface area contributed by atoms with E-state index in [9.17, 15) is 22.1 Å². The molecule has 2 aromatic rings. The van der Waals surface area contributed by atoms with Gasteiger partial charge >= 0.3 is 6.18 Å². The fourth-order valence-electron chi connectivity index (χ4n) is 2.04. The quantitative estimate of drug-likeness (QED) is 0.525. The third kappa shape index (κ3) is 3.58. The van der Waals surface area contributed by atoms with Crippen LogP contribution in [0.3, 0.4) is 0 Å². The maximum absolute atomic E-state index is 13.7. The molecule has 2 rings (SSSR count). The van der Waals surface area contributed by atoms with E-state index < -0.39 is 23.4 Å². The molecule has 0 atom stereocenters. The number of hydrogen-bond donors (Lipinski definition) is 0. The number of halogens is 5. The smallest absolute Gasteiger partial charge is 0.337 e. The van der Waals surface area contributed by atoms with Crippen molar-refractivity contribution >= 4 is 10.9 Å². The molecule has 0 N–H and O–H groups in total. The Morgan fingerprint density at radius 2 is 1.91 bits per heavy atom. The molecular weight excluding hydrogens is 305 g/mol. The normalized spacial score (nSPS) is 11.0. The summed E-state index contributed by atoms with van der Waals surface area (Å²) < 4.78 is 65.4. The Bertz CT molecular complexity index is 645. The van der Waals surface area contributed by atoms with Crippen molar-refractivity contribution in [2.45, 2.75) is 33.0 Å². The lowest BCUT2D eigenvalue weighted by Gasteiger charge is -2.11. The Hall–Kier alpha value is -2.05. The van der Waals surface area contributed by atoms with Crippen LogP contribution < -0.4 is 4.94 Å². The molecule has 0 spiro atoms. The molecule has 0 saturated carbocycles. The number of nitrogens with zero attached hydrogens (tertiary/aromatic N) is 1. The number of fused-ring (bicyclic) bond motifs is 1. The second-order valence-electron chi connectivity index (χ2n) is 4.47. The van der Waals surface area contributed by atoms with Crippen LogP contribution in [-0.4, -0.2) is 4.57 Å². The van der Waals surface area contributed by atoms with E-state index in [4.69, 9.17) is 0 Å². The summed E-state index contributed by atoms with van der Waals surface area (Å²) in [6.45, 7) is 7.05. The van der Waals surface area contributed by atoms with Crippen LogP contribution in [0.4, 0.5) is 22.1 Å². The van der Waals surface area contributed by atoms with Crippen molar-refractivity contribution in [3.8, 4) is 5.75 Å². The minimum atomic E-state index is -4.60. The van der Waals surface area contributed by atoms with Gasteiger partial charge < -0.3 is 4.57 Å². The van der Waals surface area contributed by atoms with E-state index in [0.717, 1.165) is 10.6 Å². The molecule has 2 nitrogen and oxygen atoms in total.